The highest BCUT2D eigenvalue weighted by Crippen LogP contribution is 2.32. The summed E-state index contributed by atoms with van der Waals surface area (Å²) in [5.41, 5.74) is 5.92. The van der Waals surface area contributed by atoms with E-state index in [1.54, 1.807) is 14.2 Å². The topological polar surface area (TPSA) is 102 Å². The third kappa shape index (κ3) is 12.4. The molecule has 2 aliphatic carbocycles. The molecule has 8 nitrogen and oxygen atoms in total. The maximum atomic E-state index is 13.0. The highest BCUT2D eigenvalue weighted by molar-refractivity contribution is 7.98. The number of rotatable bonds is 16. The van der Waals surface area contributed by atoms with Gasteiger partial charge in [0.25, 0.3) is 0 Å². The molecule has 6 rings (SSSR count). The lowest BCUT2D eigenvalue weighted by molar-refractivity contribution is 0.0515. The Labute approximate surface area is 345 Å². The number of ketones is 2. The summed E-state index contributed by atoms with van der Waals surface area (Å²) in [6.45, 7) is 6.11. The second-order valence-electron chi connectivity index (χ2n) is 14.5. The molecule has 2 fully saturated rings. The van der Waals surface area contributed by atoms with Gasteiger partial charge in [-0.3, -0.25) is 9.59 Å². The van der Waals surface area contributed by atoms with Crippen LogP contribution in [0.3, 0.4) is 0 Å². The maximum absolute atomic E-state index is 13.0. The van der Waals surface area contributed by atoms with Gasteiger partial charge in [-0.05, 0) is 136 Å². The van der Waals surface area contributed by atoms with E-state index in [2.05, 4.69) is 49.1 Å². The molecule has 0 aliphatic heterocycles. The zero-order chi connectivity index (χ0) is 38.5. The highest BCUT2D eigenvalue weighted by Gasteiger charge is 2.28. The first kappa shape index (κ1) is 47.2. The van der Waals surface area contributed by atoms with Crippen molar-refractivity contribution in [1.82, 2.24) is 9.97 Å². The van der Waals surface area contributed by atoms with Crippen LogP contribution >= 0.6 is 23.5 Å². The third-order valence-corrected chi connectivity index (χ3v) is 12.3. The number of fused-ring (bicyclic) bond motifs is 2. The van der Waals surface area contributed by atoms with E-state index in [0.29, 0.717) is 12.2 Å². The summed E-state index contributed by atoms with van der Waals surface area (Å²) in [5.74, 6) is 4.84. The number of methoxy groups -OCH3 is 2. The number of nitrogens with one attached hydrogen (secondary N) is 2. The minimum Gasteiger partial charge on any atom is -0.381 e. The minimum absolute atomic E-state index is 0. The lowest BCUT2D eigenvalue weighted by Gasteiger charge is -2.26. The standard InChI is InChI=1S/2C22H30N2O2S.2CH4/c2*1-4-15-13-18-14-17(21(25)16-5-8-19(26-2)9-6-16)7-10-20(18)24-22(15)23-11-12-27-3;;/h2*7,10,13-14,16,19H,4-6,8-9,11-12H2,1-3H3,(H,23,24);2*1H4. The van der Waals surface area contributed by atoms with Gasteiger partial charge < -0.3 is 20.1 Å². The molecular weight excluding hydrogens is 737 g/mol. The van der Waals surface area contributed by atoms with Crippen molar-refractivity contribution in [3.05, 3.63) is 70.8 Å². The molecule has 0 saturated heterocycles. The van der Waals surface area contributed by atoms with Crippen LogP contribution in [0.4, 0.5) is 11.6 Å². The van der Waals surface area contributed by atoms with E-state index >= 15 is 0 Å². The van der Waals surface area contributed by atoms with Gasteiger partial charge >= 0.3 is 0 Å². The molecule has 2 heterocycles. The summed E-state index contributed by atoms with van der Waals surface area (Å²) >= 11 is 3.64. The summed E-state index contributed by atoms with van der Waals surface area (Å²) in [4.78, 5) is 35.5. The number of aryl methyl sites for hydroxylation is 2. The Balaban J connectivity index is 0.000000290. The van der Waals surface area contributed by atoms with Crippen molar-refractivity contribution in [1.29, 1.82) is 0 Å². The summed E-state index contributed by atoms with van der Waals surface area (Å²) in [6, 6.07) is 16.3. The van der Waals surface area contributed by atoms with Gasteiger partial charge in [0.05, 0.1) is 23.2 Å². The van der Waals surface area contributed by atoms with Crippen LogP contribution in [0.1, 0.15) is 112 Å². The van der Waals surface area contributed by atoms with Gasteiger partial charge in [-0.1, -0.05) is 28.7 Å². The number of thioether (sulfide) groups is 2. The maximum Gasteiger partial charge on any atom is 0.165 e. The Bertz CT molecular complexity index is 1700. The van der Waals surface area contributed by atoms with Gasteiger partial charge in [0, 0.05) is 72.5 Å². The van der Waals surface area contributed by atoms with Crippen molar-refractivity contribution in [2.24, 2.45) is 11.8 Å². The monoisotopic (exact) mass is 804 g/mol. The molecule has 2 aromatic carbocycles. The SMILES string of the molecule is C.C.CCc1cc2cc(C(=O)C3CCC(OC)CC3)ccc2nc1NCCSC.CCc1cc2cc(C(=O)C3CCC(OC)CC3)ccc2nc1NCCSC. The first-order valence-corrected chi connectivity index (χ1v) is 22.6. The third-order valence-electron chi connectivity index (χ3n) is 11.1. The van der Waals surface area contributed by atoms with Crippen LogP contribution in [0.2, 0.25) is 0 Å². The van der Waals surface area contributed by atoms with Crippen LogP contribution in [0.25, 0.3) is 21.8 Å². The molecule has 56 heavy (non-hydrogen) atoms. The van der Waals surface area contributed by atoms with Gasteiger partial charge in [-0.2, -0.15) is 23.5 Å². The number of hydrogen-bond donors (Lipinski definition) is 2. The summed E-state index contributed by atoms with van der Waals surface area (Å²) < 4.78 is 10.9. The van der Waals surface area contributed by atoms with Crippen molar-refractivity contribution < 1.29 is 19.1 Å². The number of carbonyl (C=O) groups is 2. The van der Waals surface area contributed by atoms with Gasteiger partial charge in [0.15, 0.2) is 11.6 Å². The number of pyridine rings is 2. The minimum atomic E-state index is 0. The van der Waals surface area contributed by atoms with Crippen LogP contribution < -0.4 is 10.6 Å². The molecule has 10 heteroatoms. The molecule has 0 unspecified atom stereocenters. The van der Waals surface area contributed by atoms with E-state index in [4.69, 9.17) is 19.4 Å². The van der Waals surface area contributed by atoms with E-state index < -0.39 is 0 Å². The fraction of sp³-hybridized carbons (Fsp3) is 0.565. The number of carbonyl (C=O) groups excluding carboxylic acids is 2. The average Bonchev–Trinajstić information content (AvgIpc) is 3.22. The Morgan fingerprint density at radius 3 is 1.32 bits per heavy atom. The van der Waals surface area contributed by atoms with Crippen molar-refractivity contribution >= 4 is 68.5 Å². The van der Waals surface area contributed by atoms with E-state index in [1.165, 1.54) is 11.1 Å². The number of ether oxygens (including phenoxy) is 2. The van der Waals surface area contributed by atoms with Crippen LogP contribution in [-0.4, -0.2) is 85.1 Å². The van der Waals surface area contributed by atoms with Gasteiger partial charge in [0.2, 0.25) is 0 Å². The average molecular weight is 805 g/mol. The molecule has 0 radical (unpaired) electrons. The molecule has 0 spiro atoms. The largest absolute Gasteiger partial charge is 0.381 e. The summed E-state index contributed by atoms with van der Waals surface area (Å²) in [6.07, 6.45) is 14.3. The van der Waals surface area contributed by atoms with Crippen molar-refractivity contribution in [2.75, 3.05) is 62.0 Å². The first-order valence-electron chi connectivity index (χ1n) is 19.8. The normalized spacial score (nSPS) is 19.2. The molecule has 2 aliphatic rings. The molecule has 0 atom stereocenters. The molecule has 308 valence electrons. The number of anilines is 2. The van der Waals surface area contributed by atoms with Crippen LogP contribution in [-0.2, 0) is 22.3 Å². The smallest absolute Gasteiger partial charge is 0.165 e. The highest BCUT2D eigenvalue weighted by atomic mass is 32.2. The van der Waals surface area contributed by atoms with Crippen molar-refractivity contribution in [2.45, 2.75) is 105 Å². The van der Waals surface area contributed by atoms with Gasteiger partial charge in [-0.25, -0.2) is 9.97 Å². The molecule has 4 aromatic rings. The van der Waals surface area contributed by atoms with E-state index in [9.17, 15) is 9.59 Å². The van der Waals surface area contributed by atoms with Crippen molar-refractivity contribution in [3.63, 3.8) is 0 Å². The van der Waals surface area contributed by atoms with Crippen LogP contribution in [0, 0.1) is 11.8 Å². The number of Topliss-reactive ketones (excluding diaryl/α,β-unsaturated/α-hetero) is 2. The Morgan fingerprint density at radius 1 is 0.625 bits per heavy atom. The van der Waals surface area contributed by atoms with Gasteiger partial charge in [-0.15, -0.1) is 0 Å². The quantitative estimate of drug-likeness (QED) is 0.0840. The summed E-state index contributed by atoms with van der Waals surface area (Å²) in [7, 11) is 3.53. The number of benzene rings is 2. The predicted octanol–water partition coefficient (Wildman–Crippen LogP) is 11.2. The van der Waals surface area contributed by atoms with E-state index in [0.717, 1.165) is 133 Å². The van der Waals surface area contributed by atoms with Crippen molar-refractivity contribution in [3.8, 4) is 0 Å². The molecular formula is C46H68N4O4S2. The van der Waals surface area contributed by atoms with Gasteiger partial charge in [0.1, 0.15) is 11.6 Å². The Morgan fingerprint density at radius 2 is 1.00 bits per heavy atom. The molecule has 2 N–H and O–H groups in total. The number of hydrogen-bond acceptors (Lipinski definition) is 10. The fourth-order valence-electron chi connectivity index (χ4n) is 7.73. The lowest BCUT2D eigenvalue weighted by Crippen LogP contribution is -2.25. The zero-order valence-electron chi connectivity index (χ0n) is 33.2. The second kappa shape index (κ2) is 23.9. The predicted molar refractivity (Wildman–Crippen MR) is 244 cm³/mol. The summed E-state index contributed by atoms with van der Waals surface area (Å²) in [5, 5.41) is 9.00. The van der Waals surface area contributed by atoms with Crippen LogP contribution in [0.15, 0.2) is 48.5 Å². The number of nitrogens with zero attached hydrogens (tertiary/aromatic N) is 2. The zero-order valence-corrected chi connectivity index (χ0v) is 34.8. The Kier molecular flexibility index (Phi) is 20.1. The number of aromatic nitrogens is 2. The lowest BCUT2D eigenvalue weighted by atomic mass is 9.82. The van der Waals surface area contributed by atoms with Crippen LogP contribution in [0.5, 0.6) is 0 Å². The Hall–Kier alpha value is -3.18. The molecule has 0 bridgehead atoms. The fourth-order valence-corrected chi connectivity index (χ4v) is 8.34. The molecule has 2 aromatic heterocycles. The molecule has 2 saturated carbocycles. The second-order valence-corrected chi connectivity index (χ2v) is 16.5. The van der Waals surface area contributed by atoms with E-state index in [1.807, 2.05) is 59.9 Å². The first-order chi connectivity index (χ1) is 26.3. The molecule has 0 amide bonds. The van der Waals surface area contributed by atoms with E-state index in [-0.39, 0.29) is 38.3 Å².